The largest absolute Gasteiger partial charge is 0.480 e. The maximum absolute atomic E-state index is 12.5. The molecule has 0 aromatic heterocycles. The summed E-state index contributed by atoms with van der Waals surface area (Å²) < 4.78 is 33.2. The zero-order valence-corrected chi connectivity index (χ0v) is 35.8. The maximum Gasteiger partial charge on any atom is 0.472 e. The number of carboxylic acid groups (broad SMARTS) is 1. The van der Waals surface area contributed by atoms with Crippen molar-refractivity contribution in [3.8, 4) is 0 Å². The molecule has 322 valence electrons. The molecule has 0 fully saturated rings. The maximum atomic E-state index is 12.5. The minimum Gasteiger partial charge on any atom is -0.480 e. The summed E-state index contributed by atoms with van der Waals surface area (Å²) in [6.45, 7) is 3.62. The first-order valence-electron chi connectivity index (χ1n) is 21.5. The first kappa shape index (κ1) is 53.4. The van der Waals surface area contributed by atoms with Gasteiger partial charge in [-0.2, -0.15) is 0 Å². The van der Waals surface area contributed by atoms with E-state index in [4.69, 9.17) is 29.4 Å². The van der Waals surface area contributed by atoms with E-state index in [2.05, 4.69) is 68.5 Å². The van der Waals surface area contributed by atoms with Crippen molar-refractivity contribution in [2.75, 3.05) is 26.4 Å². The van der Waals surface area contributed by atoms with Gasteiger partial charge in [0, 0.05) is 6.61 Å². The van der Waals surface area contributed by atoms with Crippen LogP contribution in [0.2, 0.25) is 0 Å². The highest BCUT2D eigenvalue weighted by molar-refractivity contribution is 7.47. The molecule has 0 amide bonds. The first-order valence-corrected chi connectivity index (χ1v) is 23.0. The molecule has 0 radical (unpaired) electrons. The van der Waals surface area contributed by atoms with Gasteiger partial charge in [0.25, 0.3) is 0 Å². The Kier molecular flexibility index (Phi) is 38.7. The van der Waals surface area contributed by atoms with E-state index >= 15 is 0 Å². The number of esters is 1. The lowest BCUT2D eigenvalue weighted by Crippen LogP contribution is -2.34. The number of hydrogen-bond donors (Lipinski definition) is 3. The molecule has 0 heterocycles. The summed E-state index contributed by atoms with van der Waals surface area (Å²) in [5, 5.41) is 8.89. The summed E-state index contributed by atoms with van der Waals surface area (Å²) in [7, 11) is -4.64. The van der Waals surface area contributed by atoms with E-state index in [0.29, 0.717) is 13.0 Å². The highest BCUT2D eigenvalue weighted by Crippen LogP contribution is 2.43. The second kappa shape index (κ2) is 40.6. The van der Waals surface area contributed by atoms with Gasteiger partial charge in [-0.1, -0.05) is 164 Å². The third-order valence-electron chi connectivity index (χ3n) is 8.75. The van der Waals surface area contributed by atoms with Gasteiger partial charge >= 0.3 is 19.8 Å². The van der Waals surface area contributed by atoms with Crippen LogP contribution in [0.25, 0.3) is 0 Å². The summed E-state index contributed by atoms with van der Waals surface area (Å²) in [6, 6.07) is -1.49. The van der Waals surface area contributed by atoms with Gasteiger partial charge in [-0.25, -0.2) is 4.57 Å². The molecule has 0 aliphatic carbocycles. The van der Waals surface area contributed by atoms with Crippen molar-refractivity contribution < 1.29 is 42.7 Å². The Morgan fingerprint density at radius 1 is 0.589 bits per heavy atom. The Hall–Kier alpha value is -2.59. The minimum absolute atomic E-state index is 0.0147. The number of phosphoric ester groups is 1. The average Bonchev–Trinajstić information content (AvgIpc) is 3.18. The van der Waals surface area contributed by atoms with E-state index in [1.165, 1.54) is 89.9 Å². The van der Waals surface area contributed by atoms with Crippen molar-refractivity contribution in [2.24, 2.45) is 5.73 Å². The van der Waals surface area contributed by atoms with Crippen LogP contribution in [0, 0.1) is 0 Å². The average molecular weight is 808 g/mol. The molecule has 3 unspecified atom stereocenters. The third kappa shape index (κ3) is 39.6. The van der Waals surface area contributed by atoms with Gasteiger partial charge < -0.3 is 25.2 Å². The third-order valence-corrected chi connectivity index (χ3v) is 9.70. The molecule has 10 nitrogen and oxygen atoms in total. The molecule has 56 heavy (non-hydrogen) atoms. The van der Waals surface area contributed by atoms with Crippen LogP contribution in [0.4, 0.5) is 0 Å². The fourth-order valence-electron chi connectivity index (χ4n) is 5.44. The standard InChI is InChI=1S/C45H78NO9P/c1-3-5-7-9-11-13-15-17-19-20-21-22-24-26-28-30-32-34-36-38-52-39-42(40-53-56(50,51)54-41-43(46)45(48)49)55-44(47)37-35-33-31-29-27-25-23-18-16-14-12-10-8-6-4-2/h6,8,12,14,18-20,23,27,29,33,35,42-43H,3-5,7,9-11,13,15-17,21-22,24-26,28,30-32,34,36-41,46H2,1-2H3,(H,48,49)(H,50,51)/b8-6-,14-12-,20-19-,23-18-,29-27-,35-33-. The van der Waals surface area contributed by atoms with Crippen LogP contribution in [-0.2, 0) is 32.7 Å². The molecular weight excluding hydrogens is 729 g/mol. The van der Waals surface area contributed by atoms with Gasteiger partial charge in [0.15, 0.2) is 0 Å². The Labute approximate surface area is 340 Å². The van der Waals surface area contributed by atoms with Gasteiger partial charge in [-0.3, -0.25) is 18.6 Å². The van der Waals surface area contributed by atoms with Crippen molar-refractivity contribution in [1.82, 2.24) is 0 Å². The summed E-state index contributed by atoms with van der Waals surface area (Å²) in [5.41, 5.74) is 5.34. The predicted molar refractivity (Wildman–Crippen MR) is 230 cm³/mol. The Bertz CT molecular complexity index is 1160. The Morgan fingerprint density at radius 2 is 1.04 bits per heavy atom. The molecule has 0 saturated heterocycles. The van der Waals surface area contributed by atoms with Crippen LogP contribution in [0.15, 0.2) is 72.9 Å². The van der Waals surface area contributed by atoms with Crippen LogP contribution >= 0.6 is 7.82 Å². The summed E-state index contributed by atoms with van der Waals surface area (Å²) in [4.78, 5) is 33.4. The zero-order chi connectivity index (χ0) is 41.2. The van der Waals surface area contributed by atoms with E-state index in [9.17, 15) is 19.0 Å². The van der Waals surface area contributed by atoms with Gasteiger partial charge in [-0.15, -0.1) is 0 Å². The number of hydrogen-bond acceptors (Lipinski definition) is 8. The molecular formula is C45H78NO9P. The fourth-order valence-corrected chi connectivity index (χ4v) is 6.22. The topological polar surface area (TPSA) is 155 Å². The van der Waals surface area contributed by atoms with E-state index in [0.717, 1.165) is 44.9 Å². The van der Waals surface area contributed by atoms with Gasteiger partial charge in [0.05, 0.1) is 26.2 Å². The van der Waals surface area contributed by atoms with E-state index < -0.39 is 45.1 Å². The number of unbranched alkanes of at least 4 members (excludes halogenated alkanes) is 15. The lowest BCUT2D eigenvalue weighted by Gasteiger charge is -2.20. The van der Waals surface area contributed by atoms with Crippen LogP contribution in [0.5, 0.6) is 0 Å². The van der Waals surface area contributed by atoms with Crippen LogP contribution in [0.3, 0.4) is 0 Å². The SMILES string of the molecule is CC/C=C\C/C=C\C/C=C\C/C=C\C/C=C\CC(=O)OC(COCCCCCCCCCC/C=C\CCCCCCCCC)COP(=O)(O)OCC(N)C(=O)O. The Morgan fingerprint density at radius 3 is 1.54 bits per heavy atom. The fraction of sp³-hybridized carbons (Fsp3) is 0.689. The number of carbonyl (C=O) groups is 2. The van der Waals surface area contributed by atoms with Crippen LogP contribution in [0.1, 0.15) is 162 Å². The normalized spacial score (nSPS) is 14.6. The van der Waals surface area contributed by atoms with E-state index in [1.807, 2.05) is 12.2 Å². The van der Waals surface area contributed by atoms with Crippen molar-refractivity contribution in [2.45, 2.75) is 174 Å². The molecule has 3 atom stereocenters. The lowest BCUT2D eigenvalue weighted by atomic mass is 10.1. The number of ether oxygens (including phenoxy) is 2. The van der Waals surface area contributed by atoms with Crippen LogP contribution < -0.4 is 5.73 Å². The smallest absolute Gasteiger partial charge is 0.472 e. The van der Waals surface area contributed by atoms with Gasteiger partial charge in [0.1, 0.15) is 12.1 Å². The number of nitrogens with two attached hydrogens (primary N) is 1. The van der Waals surface area contributed by atoms with Crippen molar-refractivity contribution in [3.05, 3.63) is 72.9 Å². The molecule has 0 aliphatic rings. The molecule has 11 heteroatoms. The predicted octanol–water partition coefficient (Wildman–Crippen LogP) is 11.8. The van der Waals surface area contributed by atoms with E-state index in [-0.39, 0.29) is 13.0 Å². The quantitative estimate of drug-likeness (QED) is 0.0236. The molecule has 0 aliphatic heterocycles. The summed E-state index contributed by atoms with van der Waals surface area (Å²) >= 11 is 0. The first-order chi connectivity index (χ1) is 27.2. The molecule has 0 saturated carbocycles. The minimum atomic E-state index is -4.64. The van der Waals surface area contributed by atoms with Crippen molar-refractivity contribution in [1.29, 1.82) is 0 Å². The second-order valence-corrected chi connectivity index (χ2v) is 15.6. The van der Waals surface area contributed by atoms with E-state index in [1.54, 1.807) is 6.08 Å². The van der Waals surface area contributed by atoms with Crippen molar-refractivity contribution in [3.63, 3.8) is 0 Å². The molecule has 0 rings (SSSR count). The molecule has 0 aromatic rings. The number of rotatable bonds is 40. The molecule has 0 spiro atoms. The number of phosphoric acid groups is 1. The molecule has 4 N–H and O–H groups in total. The summed E-state index contributed by atoms with van der Waals surface area (Å²) in [5.74, 6) is -1.92. The lowest BCUT2D eigenvalue weighted by molar-refractivity contribution is -0.153. The molecule has 0 bridgehead atoms. The van der Waals surface area contributed by atoms with Crippen molar-refractivity contribution >= 4 is 19.8 Å². The number of carbonyl (C=O) groups excluding carboxylic acids is 1. The molecule has 0 aromatic carbocycles. The summed E-state index contributed by atoms with van der Waals surface area (Å²) in [6.07, 6.45) is 49.9. The number of carboxylic acids is 1. The zero-order valence-electron chi connectivity index (χ0n) is 35.0. The highest BCUT2D eigenvalue weighted by Gasteiger charge is 2.27. The highest BCUT2D eigenvalue weighted by atomic mass is 31.2. The van der Waals surface area contributed by atoms with Gasteiger partial charge in [-0.05, 0) is 64.2 Å². The van der Waals surface area contributed by atoms with Crippen LogP contribution in [-0.4, -0.2) is 60.5 Å². The van der Waals surface area contributed by atoms with Gasteiger partial charge in [0.2, 0.25) is 0 Å². The number of aliphatic carboxylic acids is 1. The Balaban J connectivity index is 4.36. The second-order valence-electron chi connectivity index (χ2n) is 14.1. The number of allylic oxidation sites excluding steroid dienone is 11. The monoisotopic (exact) mass is 808 g/mol.